The van der Waals surface area contributed by atoms with Gasteiger partial charge in [-0.25, -0.2) is 9.78 Å². The van der Waals surface area contributed by atoms with Crippen molar-refractivity contribution in [1.29, 1.82) is 0 Å². The van der Waals surface area contributed by atoms with Gasteiger partial charge >= 0.3 is 13.9 Å². The number of aryl methyl sites for hydroxylation is 2. The third-order valence-electron chi connectivity index (χ3n) is 4.32. The van der Waals surface area contributed by atoms with E-state index < -0.39 is 8.25 Å². The van der Waals surface area contributed by atoms with E-state index in [-0.39, 0.29) is 17.9 Å². The molecule has 2 heterocycles. The summed E-state index contributed by atoms with van der Waals surface area (Å²) in [6.07, 6.45) is 6.99. The predicted octanol–water partition coefficient (Wildman–Crippen LogP) is 2.68. The Morgan fingerprint density at radius 2 is 1.75 bits per heavy atom. The van der Waals surface area contributed by atoms with Crippen LogP contribution in [0.5, 0.6) is 0 Å². The van der Waals surface area contributed by atoms with Crippen LogP contribution >= 0.6 is 8.25 Å². The van der Waals surface area contributed by atoms with Gasteiger partial charge in [-0.3, -0.25) is 18.5 Å². The standard InChI is InChI=1S/C14H23N4O5P.C4H10/c1-3-7-17-10-15-12-11(17)13(19)18(14(20)16(12)2)8-5-4-6-9-23-24(21)22;1-3-4-2/h10,24H,3-9H2,1-2H3,(H,21,22);3-4H2,1-2H3. The molecule has 2 aromatic heterocycles. The molecule has 10 heteroatoms. The van der Waals surface area contributed by atoms with Gasteiger partial charge in [-0.2, -0.15) is 0 Å². The molecule has 0 fully saturated rings. The van der Waals surface area contributed by atoms with E-state index in [1.165, 1.54) is 22.0 Å². The van der Waals surface area contributed by atoms with Crippen LogP contribution < -0.4 is 11.2 Å². The minimum absolute atomic E-state index is 0.198. The Labute approximate surface area is 165 Å². The molecule has 160 valence electrons. The molecule has 1 atom stereocenters. The summed E-state index contributed by atoms with van der Waals surface area (Å²) in [6.45, 7) is 7.54. The van der Waals surface area contributed by atoms with Crippen molar-refractivity contribution >= 4 is 19.4 Å². The summed E-state index contributed by atoms with van der Waals surface area (Å²) in [4.78, 5) is 37.8. The van der Waals surface area contributed by atoms with Gasteiger partial charge in [0.25, 0.3) is 5.56 Å². The van der Waals surface area contributed by atoms with Crippen LogP contribution in [0.15, 0.2) is 15.9 Å². The fourth-order valence-corrected chi connectivity index (χ4v) is 2.96. The first-order valence-corrected chi connectivity index (χ1v) is 11.2. The van der Waals surface area contributed by atoms with E-state index >= 15 is 0 Å². The Hall–Kier alpha value is -1.70. The van der Waals surface area contributed by atoms with Crippen LogP contribution in [-0.2, 0) is 29.2 Å². The molecule has 1 unspecified atom stereocenters. The average Bonchev–Trinajstić information content (AvgIpc) is 3.09. The molecular weight excluding hydrogens is 383 g/mol. The van der Waals surface area contributed by atoms with Crippen molar-refractivity contribution in [3.63, 3.8) is 0 Å². The Kier molecular flexibility index (Phi) is 11.0. The van der Waals surface area contributed by atoms with Crippen molar-refractivity contribution in [2.75, 3.05) is 6.61 Å². The molecular formula is C18H33N4O5P. The molecule has 28 heavy (non-hydrogen) atoms. The molecule has 9 nitrogen and oxygen atoms in total. The Morgan fingerprint density at radius 1 is 1.07 bits per heavy atom. The van der Waals surface area contributed by atoms with Crippen molar-refractivity contribution in [2.24, 2.45) is 7.05 Å². The Bertz CT molecular complexity index is 869. The lowest BCUT2D eigenvalue weighted by Gasteiger charge is -2.09. The van der Waals surface area contributed by atoms with Crippen LogP contribution in [0.4, 0.5) is 0 Å². The summed E-state index contributed by atoms with van der Waals surface area (Å²) in [5, 5.41) is 0. The first-order valence-electron chi connectivity index (χ1n) is 9.89. The highest BCUT2D eigenvalue weighted by Gasteiger charge is 2.15. The van der Waals surface area contributed by atoms with Crippen LogP contribution in [0, 0.1) is 0 Å². The minimum atomic E-state index is -2.89. The van der Waals surface area contributed by atoms with Gasteiger partial charge in [0.2, 0.25) is 0 Å². The fourth-order valence-electron chi connectivity index (χ4n) is 2.64. The molecule has 0 aromatic carbocycles. The van der Waals surface area contributed by atoms with Crippen LogP contribution in [0.1, 0.15) is 59.3 Å². The second kappa shape index (κ2) is 12.7. The van der Waals surface area contributed by atoms with E-state index in [9.17, 15) is 14.2 Å². The summed E-state index contributed by atoms with van der Waals surface area (Å²) >= 11 is 0. The zero-order valence-corrected chi connectivity index (χ0v) is 18.3. The summed E-state index contributed by atoms with van der Waals surface area (Å²) < 4.78 is 19.4. The number of rotatable bonds is 10. The molecule has 1 N–H and O–H groups in total. The Balaban J connectivity index is 0.000000892. The van der Waals surface area contributed by atoms with Crippen LogP contribution in [0.3, 0.4) is 0 Å². The van der Waals surface area contributed by atoms with E-state index in [1.807, 2.05) is 6.92 Å². The Morgan fingerprint density at radius 3 is 2.32 bits per heavy atom. The van der Waals surface area contributed by atoms with E-state index in [0.717, 1.165) is 6.42 Å². The molecule has 2 rings (SSSR count). The maximum Gasteiger partial charge on any atom is 0.332 e. The number of unbranched alkanes of at least 4 members (excludes halogenated alkanes) is 3. The van der Waals surface area contributed by atoms with Gasteiger partial charge in [-0.15, -0.1) is 0 Å². The first kappa shape index (κ1) is 24.3. The third kappa shape index (κ3) is 6.72. The van der Waals surface area contributed by atoms with Gasteiger partial charge in [-0.1, -0.05) is 33.6 Å². The van der Waals surface area contributed by atoms with E-state index in [0.29, 0.717) is 43.5 Å². The summed E-state index contributed by atoms with van der Waals surface area (Å²) in [5.41, 5.74) is 0.138. The smallest absolute Gasteiger partial charge is 0.326 e. The summed E-state index contributed by atoms with van der Waals surface area (Å²) in [7, 11) is -1.28. The zero-order valence-electron chi connectivity index (χ0n) is 17.3. The lowest BCUT2D eigenvalue weighted by molar-refractivity contribution is 0.273. The van der Waals surface area contributed by atoms with E-state index in [1.54, 1.807) is 17.9 Å². The van der Waals surface area contributed by atoms with Crippen molar-refractivity contribution in [1.82, 2.24) is 18.7 Å². The van der Waals surface area contributed by atoms with Gasteiger partial charge in [-0.05, 0) is 25.7 Å². The van der Waals surface area contributed by atoms with Crippen molar-refractivity contribution < 1.29 is 14.0 Å². The molecule has 0 saturated carbocycles. The number of nitrogens with zero attached hydrogens (tertiary/aromatic N) is 4. The lowest BCUT2D eigenvalue weighted by Crippen LogP contribution is -2.39. The minimum Gasteiger partial charge on any atom is -0.326 e. The average molecular weight is 416 g/mol. The van der Waals surface area contributed by atoms with Gasteiger partial charge in [0.15, 0.2) is 11.2 Å². The maximum atomic E-state index is 12.7. The predicted molar refractivity (Wildman–Crippen MR) is 111 cm³/mol. The maximum absolute atomic E-state index is 12.7. The highest BCUT2D eigenvalue weighted by atomic mass is 31.1. The molecule has 0 saturated heterocycles. The summed E-state index contributed by atoms with van der Waals surface area (Å²) in [5.74, 6) is 0. The van der Waals surface area contributed by atoms with Gasteiger partial charge in [0.1, 0.15) is 0 Å². The largest absolute Gasteiger partial charge is 0.332 e. The number of hydrogen-bond donors (Lipinski definition) is 1. The van der Waals surface area contributed by atoms with E-state index in [2.05, 4.69) is 23.4 Å². The monoisotopic (exact) mass is 416 g/mol. The van der Waals surface area contributed by atoms with Gasteiger partial charge in [0, 0.05) is 20.1 Å². The van der Waals surface area contributed by atoms with Gasteiger partial charge in [0.05, 0.1) is 12.9 Å². The van der Waals surface area contributed by atoms with E-state index in [4.69, 9.17) is 4.89 Å². The molecule has 0 amide bonds. The van der Waals surface area contributed by atoms with Crippen molar-refractivity contribution in [3.05, 3.63) is 27.2 Å². The number of imidazole rings is 1. The van der Waals surface area contributed by atoms with Crippen molar-refractivity contribution in [2.45, 2.75) is 72.4 Å². The van der Waals surface area contributed by atoms with Crippen LogP contribution in [-0.4, -0.2) is 30.2 Å². The normalized spacial score (nSPS) is 12.0. The van der Waals surface area contributed by atoms with Crippen LogP contribution in [0.2, 0.25) is 0 Å². The topological polar surface area (TPSA) is 108 Å². The zero-order chi connectivity index (χ0) is 21.1. The molecule has 0 bridgehead atoms. The second-order valence-electron chi connectivity index (χ2n) is 6.58. The molecule has 0 radical (unpaired) electrons. The molecule has 0 aliphatic rings. The van der Waals surface area contributed by atoms with Crippen molar-refractivity contribution in [3.8, 4) is 0 Å². The lowest BCUT2D eigenvalue weighted by atomic mass is 10.2. The number of hydrogen-bond acceptors (Lipinski definition) is 5. The quantitative estimate of drug-likeness (QED) is 0.471. The first-order chi connectivity index (χ1) is 13.4. The van der Waals surface area contributed by atoms with Gasteiger partial charge < -0.3 is 14.0 Å². The SMILES string of the molecule is CCCC.CCCn1cnc2c1c(=O)n(CCCCCO[PH](=O)O)c(=O)n2C. The fraction of sp³-hybridized carbons (Fsp3) is 0.722. The highest BCUT2D eigenvalue weighted by molar-refractivity contribution is 7.32. The third-order valence-corrected chi connectivity index (χ3v) is 4.77. The summed E-state index contributed by atoms with van der Waals surface area (Å²) in [6, 6.07) is 0. The molecule has 0 aliphatic carbocycles. The molecule has 0 aliphatic heterocycles. The highest BCUT2D eigenvalue weighted by Crippen LogP contribution is 2.15. The van der Waals surface area contributed by atoms with Crippen LogP contribution in [0.25, 0.3) is 11.2 Å². The second-order valence-corrected chi connectivity index (χ2v) is 7.40. The number of fused-ring (bicyclic) bond motifs is 1. The molecule has 2 aromatic rings. The molecule has 0 spiro atoms. The number of aromatic nitrogens is 4.